The number of aryl methyl sites for hydroxylation is 1. The molecule has 0 aliphatic carbocycles. The van der Waals surface area contributed by atoms with Crippen LogP contribution in [-0.4, -0.2) is 14.4 Å². The van der Waals surface area contributed by atoms with Gasteiger partial charge in [-0.05, 0) is 25.1 Å². The van der Waals surface area contributed by atoms with E-state index in [-0.39, 0.29) is 11.1 Å². The molecule has 0 saturated carbocycles. The number of hydrogen-bond donors (Lipinski definition) is 1. The number of H-pyrrole nitrogens is 1. The first-order valence-corrected chi connectivity index (χ1v) is 6.25. The Balaban J connectivity index is 2.25. The van der Waals surface area contributed by atoms with Crippen LogP contribution in [0, 0.1) is 18.3 Å². The summed E-state index contributed by atoms with van der Waals surface area (Å²) < 4.78 is 1.80. The number of imidazole rings is 1. The second kappa shape index (κ2) is 4.51. The van der Waals surface area contributed by atoms with Gasteiger partial charge < -0.3 is 9.38 Å². The number of aromatic amines is 1. The van der Waals surface area contributed by atoms with E-state index in [0.717, 1.165) is 16.8 Å². The van der Waals surface area contributed by atoms with Gasteiger partial charge in [0.25, 0.3) is 5.56 Å². The molecule has 0 atom stereocenters. The van der Waals surface area contributed by atoms with Crippen molar-refractivity contribution < 1.29 is 0 Å². The highest BCUT2D eigenvalue weighted by molar-refractivity contribution is 6.29. The Labute approximate surface area is 119 Å². The summed E-state index contributed by atoms with van der Waals surface area (Å²) in [6.45, 7) is 1.79. The van der Waals surface area contributed by atoms with Gasteiger partial charge in [0.15, 0.2) is 0 Å². The minimum atomic E-state index is -0.375. The lowest BCUT2D eigenvalue weighted by atomic mass is 10.0. The largest absolute Gasteiger partial charge is 0.325 e. The van der Waals surface area contributed by atoms with Gasteiger partial charge in [-0.3, -0.25) is 4.79 Å². The fourth-order valence-corrected chi connectivity index (χ4v) is 2.32. The normalized spacial score (nSPS) is 10.7. The highest BCUT2D eigenvalue weighted by Crippen LogP contribution is 2.23. The third-order valence-electron chi connectivity index (χ3n) is 3.09. The molecule has 0 bridgehead atoms. The molecular weight excluding hydrogens is 276 g/mol. The first kappa shape index (κ1) is 12.5. The lowest BCUT2D eigenvalue weighted by Gasteiger charge is -2.06. The number of pyridine rings is 2. The summed E-state index contributed by atoms with van der Waals surface area (Å²) in [5.74, 6) is 0. The zero-order valence-electron chi connectivity index (χ0n) is 10.5. The molecule has 0 spiro atoms. The van der Waals surface area contributed by atoms with Crippen LogP contribution in [-0.2, 0) is 0 Å². The van der Waals surface area contributed by atoms with E-state index >= 15 is 0 Å². The standard InChI is InChI=1S/C14H9ClN4O/c1-8-11(4-10(5-16)14(20)17-8)9-2-3-13-18-12(15)7-19(13)6-9/h2-4,6-7H,1H3,(H,17,20). The predicted molar refractivity (Wildman–Crippen MR) is 75.7 cm³/mol. The Kier molecular flexibility index (Phi) is 2.81. The van der Waals surface area contributed by atoms with Crippen molar-refractivity contribution in [1.82, 2.24) is 14.4 Å². The number of rotatable bonds is 1. The molecule has 0 unspecified atom stereocenters. The highest BCUT2D eigenvalue weighted by Gasteiger charge is 2.09. The van der Waals surface area contributed by atoms with Crippen LogP contribution in [0.4, 0.5) is 0 Å². The highest BCUT2D eigenvalue weighted by atomic mass is 35.5. The minimum Gasteiger partial charge on any atom is -0.325 e. The molecule has 3 heterocycles. The average molecular weight is 285 g/mol. The number of hydrogen-bond acceptors (Lipinski definition) is 3. The maximum atomic E-state index is 11.6. The van der Waals surface area contributed by atoms with Gasteiger partial charge in [-0.2, -0.15) is 5.26 Å². The summed E-state index contributed by atoms with van der Waals surface area (Å²) in [7, 11) is 0. The van der Waals surface area contributed by atoms with E-state index in [9.17, 15) is 4.79 Å². The summed E-state index contributed by atoms with van der Waals surface area (Å²) in [4.78, 5) is 18.4. The van der Waals surface area contributed by atoms with Crippen LogP contribution < -0.4 is 5.56 Å². The van der Waals surface area contributed by atoms with Crippen molar-refractivity contribution in [3.8, 4) is 17.2 Å². The summed E-state index contributed by atoms with van der Waals surface area (Å²) in [6, 6.07) is 7.19. The van der Waals surface area contributed by atoms with E-state index in [1.807, 2.05) is 24.4 Å². The monoisotopic (exact) mass is 284 g/mol. The Morgan fingerprint density at radius 1 is 1.40 bits per heavy atom. The number of nitriles is 1. The minimum absolute atomic E-state index is 0.0920. The van der Waals surface area contributed by atoms with Crippen LogP contribution in [0.15, 0.2) is 35.4 Å². The molecule has 5 nitrogen and oxygen atoms in total. The first-order chi connectivity index (χ1) is 9.58. The fourth-order valence-electron chi connectivity index (χ4n) is 2.13. The topological polar surface area (TPSA) is 73.9 Å². The molecule has 0 aliphatic rings. The lowest BCUT2D eigenvalue weighted by Crippen LogP contribution is -2.12. The van der Waals surface area contributed by atoms with E-state index in [1.54, 1.807) is 23.6 Å². The van der Waals surface area contributed by atoms with Crippen LogP contribution in [0.3, 0.4) is 0 Å². The quantitative estimate of drug-likeness (QED) is 0.746. The summed E-state index contributed by atoms with van der Waals surface area (Å²) >= 11 is 5.86. The predicted octanol–water partition coefficient (Wildman–Crippen LogP) is 2.52. The Bertz CT molecular complexity index is 917. The smallest absolute Gasteiger partial charge is 0.266 e. The van der Waals surface area contributed by atoms with Gasteiger partial charge in [-0.1, -0.05) is 11.6 Å². The van der Waals surface area contributed by atoms with Crippen LogP contribution in [0.2, 0.25) is 5.15 Å². The molecule has 3 aromatic heterocycles. The van der Waals surface area contributed by atoms with Gasteiger partial charge in [0.2, 0.25) is 0 Å². The van der Waals surface area contributed by atoms with E-state index < -0.39 is 0 Å². The number of halogens is 1. The average Bonchev–Trinajstić information content (AvgIpc) is 2.78. The van der Waals surface area contributed by atoms with Gasteiger partial charge >= 0.3 is 0 Å². The van der Waals surface area contributed by atoms with Crippen molar-refractivity contribution in [1.29, 1.82) is 5.26 Å². The third-order valence-corrected chi connectivity index (χ3v) is 3.27. The maximum absolute atomic E-state index is 11.6. The molecule has 3 aromatic rings. The fraction of sp³-hybridized carbons (Fsp3) is 0.0714. The SMILES string of the molecule is Cc1[nH]c(=O)c(C#N)cc1-c1ccc2nc(Cl)cn2c1. The van der Waals surface area contributed by atoms with Crippen LogP contribution in [0.5, 0.6) is 0 Å². The van der Waals surface area contributed by atoms with Crippen LogP contribution >= 0.6 is 11.6 Å². The van der Waals surface area contributed by atoms with Gasteiger partial charge in [-0.25, -0.2) is 4.98 Å². The van der Waals surface area contributed by atoms with E-state index in [1.165, 1.54) is 0 Å². The van der Waals surface area contributed by atoms with Crippen molar-refractivity contribution in [2.45, 2.75) is 6.92 Å². The third kappa shape index (κ3) is 1.96. The van der Waals surface area contributed by atoms with Crippen molar-refractivity contribution in [3.05, 3.63) is 57.4 Å². The number of nitrogens with zero attached hydrogens (tertiary/aromatic N) is 3. The van der Waals surface area contributed by atoms with Gasteiger partial charge in [0.1, 0.15) is 22.4 Å². The number of fused-ring (bicyclic) bond motifs is 1. The summed E-state index contributed by atoms with van der Waals surface area (Å²) in [6.07, 6.45) is 3.56. The second-order valence-corrected chi connectivity index (χ2v) is 4.80. The molecule has 0 saturated heterocycles. The molecule has 0 fully saturated rings. The summed E-state index contributed by atoms with van der Waals surface area (Å²) in [5.41, 5.74) is 2.83. The zero-order valence-corrected chi connectivity index (χ0v) is 11.3. The molecule has 0 radical (unpaired) electrons. The molecule has 1 N–H and O–H groups in total. The molecule has 0 aromatic carbocycles. The molecule has 98 valence electrons. The van der Waals surface area contributed by atoms with Crippen molar-refractivity contribution in [3.63, 3.8) is 0 Å². The molecule has 3 rings (SSSR count). The van der Waals surface area contributed by atoms with Crippen molar-refractivity contribution in [2.75, 3.05) is 0 Å². The van der Waals surface area contributed by atoms with E-state index in [4.69, 9.17) is 16.9 Å². The van der Waals surface area contributed by atoms with Gasteiger partial charge in [-0.15, -0.1) is 0 Å². The Morgan fingerprint density at radius 2 is 2.20 bits per heavy atom. The van der Waals surface area contributed by atoms with Gasteiger partial charge in [0, 0.05) is 29.2 Å². The molecular formula is C14H9ClN4O. The number of aromatic nitrogens is 3. The van der Waals surface area contributed by atoms with Crippen LogP contribution in [0.25, 0.3) is 16.8 Å². The van der Waals surface area contributed by atoms with E-state index in [0.29, 0.717) is 10.8 Å². The second-order valence-electron chi connectivity index (χ2n) is 4.41. The van der Waals surface area contributed by atoms with Crippen molar-refractivity contribution in [2.24, 2.45) is 0 Å². The Morgan fingerprint density at radius 3 is 2.95 bits per heavy atom. The van der Waals surface area contributed by atoms with Crippen LogP contribution in [0.1, 0.15) is 11.3 Å². The first-order valence-electron chi connectivity index (χ1n) is 5.87. The zero-order chi connectivity index (χ0) is 14.3. The molecule has 20 heavy (non-hydrogen) atoms. The lowest BCUT2D eigenvalue weighted by molar-refractivity contribution is 1.12. The van der Waals surface area contributed by atoms with Gasteiger partial charge in [0.05, 0.1) is 0 Å². The molecule has 0 aliphatic heterocycles. The van der Waals surface area contributed by atoms with Crippen molar-refractivity contribution >= 4 is 17.2 Å². The van der Waals surface area contributed by atoms with E-state index in [2.05, 4.69) is 9.97 Å². The molecule has 6 heteroatoms. The molecule has 0 amide bonds. The Hall–Kier alpha value is -2.58. The summed E-state index contributed by atoms with van der Waals surface area (Å²) in [5, 5.41) is 9.37. The number of nitrogens with one attached hydrogen (secondary N) is 1. The maximum Gasteiger partial charge on any atom is 0.266 e.